The Labute approximate surface area is 90.9 Å². The zero-order valence-electron chi connectivity index (χ0n) is 9.72. The molecule has 1 aromatic rings. The van der Waals surface area contributed by atoms with E-state index in [2.05, 4.69) is 10.6 Å². The number of anilines is 1. The average Bonchev–Trinajstić information content (AvgIpc) is 2.15. The smallest absolute Gasteiger partial charge is 0.251 e. The summed E-state index contributed by atoms with van der Waals surface area (Å²) in [6.07, 6.45) is 0. The van der Waals surface area contributed by atoms with E-state index in [-0.39, 0.29) is 11.4 Å². The van der Waals surface area contributed by atoms with Crippen LogP contribution < -0.4 is 10.6 Å². The SMILES string of the molecule is CNc1cccc(C(=O)NC(C)(C)C)c1. The second-order valence-electron chi connectivity index (χ2n) is 4.53. The fraction of sp³-hybridized carbons (Fsp3) is 0.417. The minimum absolute atomic E-state index is 0.0420. The van der Waals surface area contributed by atoms with Crippen molar-refractivity contribution in [3.63, 3.8) is 0 Å². The van der Waals surface area contributed by atoms with Crippen LogP contribution in [0.1, 0.15) is 31.1 Å². The lowest BCUT2D eigenvalue weighted by molar-refractivity contribution is 0.0919. The molecule has 0 saturated heterocycles. The zero-order chi connectivity index (χ0) is 11.5. The van der Waals surface area contributed by atoms with E-state index in [4.69, 9.17) is 0 Å². The van der Waals surface area contributed by atoms with Gasteiger partial charge in [-0.05, 0) is 39.0 Å². The van der Waals surface area contributed by atoms with Crippen LogP contribution in [0.3, 0.4) is 0 Å². The van der Waals surface area contributed by atoms with Crippen LogP contribution in [0.25, 0.3) is 0 Å². The van der Waals surface area contributed by atoms with Crippen LogP contribution in [0.4, 0.5) is 5.69 Å². The molecule has 0 radical (unpaired) electrons. The summed E-state index contributed by atoms with van der Waals surface area (Å²) in [6, 6.07) is 7.43. The first-order chi connectivity index (χ1) is 6.92. The van der Waals surface area contributed by atoms with Crippen LogP contribution in [0.2, 0.25) is 0 Å². The summed E-state index contributed by atoms with van der Waals surface area (Å²) >= 11 is 0. The third-order valence-electron chi connectivity index (χ3n) is 1.90. The van der Waals surface area contributed by atoms with Gasteiger partial charge >= 0.3 is 0 Å². The highest BCUT2D eigenvalue weighted by Gasteiger charge is 2.14. The van der Waals surface area contributed by atoms with Crippen LogP contribution >= 0.6 is 0 Å². The highest BCUT2D eigenvalue weighted by atomic mass is 16.1. The molecule has 0 aromatic heterocycles. The van der Waals surface area contributed by atoms with Crippen LogP contribution in [0.5, 0.6) is 0 Å². The fourth-order valence-electron chi connectivity index (χ4n) is 1.23. The highest BCUT2D eigenvalue weighted by Crippen LogP contribution is 2.11. The highest BCUT2D eigenvalue weighted by molar-refractivity contribution is 5.95. The molecule has 0 aliphatic heterocycles. The molecule has 2 N–H and O–H groups in total. The summed E-state index contributed by atoms with van der Waals surface area (Å²) in [5.74, 6) is -0.0420. The number of carbonyl (C=O) groups is 1. The van der Waals surface area contributed by atoms with Crippen molar-refractivity contribution in [3.8, 4) is 0 Å². The van der Waals surface area contributed by atoms with Gasteiger partial charge in [-0.15, -0.1) is 0 Å². The Morgan fingerprint density at radius 3 is 2.47 bits per heavy atom. The summed E-state index contributed by atoms with van der Waals surface area (Å²) in [7, 11) is 1.83. The van der Waals surface area contributed by atoms with E-state index in [1.807, 2.05) is 52.1 Å². The quantitative estimate of drug-likeness (QED) is 0.779. The van der Waals surface area contributed by atoms with Crippen molar-refractivity contribution in [1.29, 1.82) is 0 Å². The molecule has 0 spiro atoms. The van der Waals surface area contributed by atoms with E-state index >= 15 is 0 Å². The molecule has 0 unspecified atom stereocenters. The molecule has 1 aromatic carbocycles. The van der Waals surface area contributed by atoms with Crippen molar-refractivity contribution in [3.05, 3.63) is 29.8 Å². The van der Waals surface area contributed by atoms with Crippen molar-refractivity contribution in [2.24, 2.45) is 0 Å². The number of nitrogens with one attached hydrogen (secondary N) is 2. The minimum Gasteiger partial charge on any atom is -0.388 e. The third-order valence-corrected chi connectivity index (χ3v) is 1.90. The Morgan fingerprint density at radius 1 is 1.27 bits per heavy atom. The predicted molar refractivity (Wildman–Crippen MR) is 63.2 cm³/mol. The minimum atomic E-state index is -0.202. The van der Waals surface area contributed by atoms with E-state index in [1.165, 1.54) is 0 Å². The lowest BCUT2D eigenvalue weighted by Gasteiger charge is -2.20. The first kappa shape index (κ1) is 11.6. The Bertz CT molecular complexity index is 353. The van der Waals surface area contributed by atoms with Crippen molar-refractivity contribution in [2.45, 2.75) is 26.3 Å². The molecule has 3 nitrogen and oxygen atoms in total. The molecule has 0 aliphatic carbocycles. The molecular weight excluding hydrogens is 188 g/mol. The predicted octanol–water partition coefficient (Wildman–Crippen LogP) is 2.26. The van der Waals surface area contributed by atoms with Crippen molar-refractivity contribution < 1.29 is 4.79 Å². The maximum absolute atomic E-state index is 11.8. The number of rotatable bonds is 2. The van der Waals surface area contributed by atoms with E-state index in [9.17, 15) is 4.79 Å². The fourth-order valence-corrected chi connectivity index (χ4v) is 1.23. The number of carbonyl (C=O) groups excluding carboxylic acids is 1. The molecule has 1 rings (SSSR count). The van der Waals surface area contributed by atoms with Gasteiger partial charge in [-0.25, -0.2) is 0 Å². The van der Waals surface area contributed by atoms with Gasteiger partial charge in [0, 0.05) is 23.8 Å². The first-order valence-electron chi connectivity index (χ1n) is 5.03. The second-order valence-corrected chi connectivity index (χ2v) is 4.53. The maximum atomic E-state index is 11.8. The van der Waals surface area contributed by atoms with Crippen molar-refractivity contribution in [2.75, 3.05) is 12.4 Å². The van der Waals surface area contributed by atoms with Gasteiger partial charge in [0.05, 0.1) is 0 Å². The van der Waals surface area contributed by atoms with Gasteiger partial charge in [-0.2, -0.15) is 0 Å². The normalized spacial score (nSPS) is 10.9. The molecule has 1 amide bonds. The van der Waals surface area contributed by atoms with E-state index in [1.54, 1.807) is 0 Å². The number of amides is 1. The van der Waals surface area contributed by atoms with Crippen LogP contribution in [0, 0.1) is 0 Å². The molecule has 15 heavy (non-hydrogen) atoms. The summed E-state index contributed by atoms with van der Waals surface area (Å²) in [5.41, 5.74) is 1.42. The zero-order valence-corrected chi connectivity index (χ0v) is 9.72. The monoisotopic (exact) mass is 206 g/mol. The Balaban J connectivity index is 2.82. The summed E-state index contributed by atoms with van der Waals surface area (Å²) in [6.45, 7) is 5.90. The van der Waals surface area contributed by atoms with Crippen molar-refractivity contribution >= 4 is 11.6 Å². The molecule has 82 valence electrons. The number of hydrogen-bond donors (Lipinski definition) is 2. The number of hydrogen-bond acceptors (Lipinski definition) is 2. The van der Waals surface area contributed by atoms with Crippen LogP contribution in [-0.2, 0) is 0 Å². The Kier molecular flexibility index (Phi) is 3.35. The van der Waals surface area contributed by atoms with Gasteiger partial charge in [-0.3, -0.25) is 4.79 Å². The molecule has 0 fully saturated rings. The molecule has 0 bridgehead atoms. The van der Waals surface area contributed by atoms with E-state index in [0.29, 0.717) is 5.56 Å². The third kappa shape index (κ3) is 3.62. The average molecular weight is 206 g/mol. The van der Waals surface area contributed by atoms with Gasteiger partial charge in [-0.1, -0.05) is 6.07 Å². The molecule has 0 aliphatic rings. The van der Waals surface area contributed by atoms with Gasteiger partial charge in [0.15, 0.2) is 0 Å². The summed E-state index contributed by atoms with van der Waals surface area (Å²) in [5, 5.41) is 5.93. The topological polar surface area (TPSA) is 41.1 Å². The standard InChI is InChI=1S/C12H18N2O/c1-12(2,3)14-11(15)9-6-5-7-10(8-9)13-4/h5-8,13H,1-4H3,(H,14,15). The molecule has 0 atom stereocenters. The Hall–Kier alpha value is -1.51. The summed E-state index contributed by atoms with van der Waals surface area (Å²) in [4.78, 5) is 11.8. The van der Waals surface area contributed by atoms with E-state index < -0.39 is 0 Å². The molecule has 3 heteroatoms. The van der Waals surface area contributed by atoms with Crippen LogP contribution in [0.15, 0.2) is 24.3 Å². The maximum Gasteiger partial charge on any atom is 0.251 e. The van der Waals surface area contributed by atoms with Gasteiger partial charge in [0.1, 0.15) is 0 Å². The van der Waals surface area contributed by atoms with Gasteiger partial charge in [0.25, 0.3) is 5.91 Å². The van der Waals surface area contributed by atoms with Gasteiger partial charge < -0.3 is 10.6 Å². The lowest BCUT2D eigenvalue weighted by Crippen LogP contribution is -2.40. The molecule has 0 saturated carbocycles. The van der Waals surface area contributed by atoms with Crippen LogP contribution in [-0.4, -0.2) is 18.5 Å². The first-order valence-corrected chi connectivity index (χ1v) is 5.03. The van der Waals surface area contributed by atoms with Crippen molar-refractivity contribution in [1.82, 2.24) is 5.32 Å². The number of benzene rings is 1. The molecular formula is C12H18N2O. The lowest BCUT2D eigenvalue weighted by atomic mass is 10.1. The Morgan fingerprint density at radius 2 is 1.93 bits per heavy atom. The van der Waals surface area contributed by atoms with E-state index in [0.717, 1.165) is 5.69 Å². The summed E-state index contributed by atoms with van der Waals surface area (Å²) < 4.78 is 0. The molecule has 0 heterocycles. The largest absolute Gasteiger partial charge is 0.388 e. The van der Waals surface area contributed by atoms with Gasteiger partial charge in [0.2, 0.25) is 0 Å². The second kappa shape index (κ2) is 4.34.